The van der Waals surface area contributed by atoms with Crippen LogP contribution in [0.4, 0.5) is 5.69 Å². The molecule has 4 nitrogen and oxygen atoms in total. The van der Waals surface area contributed by atoms with Crippen molar-refractivity contribution in [3.63, 3.8) is 0 Å². The predicted octanol–water partition coefficient (Wildman–Crippen LogP) is 2.04. The number of carbonyl (C=O) groups excluding carboxylic acids is 1. The second-order valence-electron chi connectivity index (χ2n) is 5.70. The van der Waals surface area contributed by atoms with E-state index in [9.17, 15) is 4.79 Å². The Morgan fingerprint density at radius 1 is 1.45 bits per heavy atom. The first-order valence-electron chi connectivity index (χ1n) is 7.44. The number of nitrogens with one attached hydrogen (secondary N) is 2. The lowest BCUT2D eigenvalue weighted by atomic mass is 10.0. The number of likely N-dealkylation sites (N-methyl/N-ethyl adjacent to an activating group) is 1. The summed E-state index contributed by atoms with van der Waals surface area (Å²) in [6.07, 6.45) is 0. The lowest BCUT2D eigenvalue weighted by molar-refractivity contribution is -0.118. The van der Waals surface area contributed by atoms with Crippen molar-refractivity contribution in [3.05, 3.63) is 29.8 Å². The highest BCUT2D eigenvalue weighted by atomic mass is 16.2. The van der Waals surface area contributed by atoms with Gasteiger partial charge in [0.25, 0.3) is 0 Å². The van der Waals surface area contributed by atoms with Gasteiger partial charge in [-0.1, -0.05) is 32.9 Å². The summed E-state index contributed by atoms with van der Waals surface area (Å²) < 4.78 is 0. The zero-order chi connectivity index (χ0) is 14.5. The van der Waals surface area contributed by atoms with Crippen LogP contribution < -0.4 is 10.6 Å². The first-order valence-corrected chi connectivity index (χ1v) is 7.44. The Kier molecular flexibility index (Phi) is 5.15. The quantitative estimate of drug-likeness (QED) is 0.835. The van der Waals surface area contributed by atoms with E-state index in [1.54, 1.807) is 0 Å². The summed E-state index contributed by atoms with van der Waals surface area (Å²) in [5.41, 5.74) is 2.14. The molecule has 0 aliphatic carbocycles. The number of hydrogen-bond acceptors (Lipinski definition) is 3. The van der Waals surface area contributed by atoms with Crippen LogP contribution in [-0.4, -0.2) is 43.0 Å². The van der Waals surface area contributed by atoms with Crippen molar-refractivity contribution in [2.45, 2.75) is 32.7 Å². The Balaban J connectivity index is 1.91. The first kappa shape index (κ1) is 15.0. The zero-order valence-electron chi connectivity index (χ0n) is 12.6. The third-order valence-electron chi connectivity index (χ3n) is 3.87. The molecule has 1 aliphatic rings. The van der Waals surface area contributed by atoms with Gasteiger partial charge in [0.2, 0.25) is 5.91 Å². The molecule has 20 heavy (non-hydrogen) atoms. The van der Waals surface area contributed by atoms with E-state index in [0.29, 0.717) is 18.5 Å². The van der Waals surface area contributed by atoms with Crippen LogP contribution in [-0.2, 0) is 4.79 Å². The Labute approximate surface area is 121 Å². The van der Waals surface area contributed by atoms with Crippen LogP contribution in [0.5, 0.6) is 0 Å². The lowest BCUT2D eigenvalue weighted by Crippen LogP contribution is -2.58. The summed E-state index contributed by atoms with van der Waals surface area (Å²) in [6.45, 7) is 9.77. The van der Waals surface area contributed by atoms with Gasteiger partial charge >= 0.3 is 0 Å². The Bertz CT molecular complexity index is 455. The van der Waals surface area contributed by atoms with Gasteiger partial charge in [-0.25, -0.2) is 0 Å². The topological polar surface area (TPSA) is 44.4 Å². The third kappa shape index (κ3) is 3.81. The monoisotopic (exact) mass is 275 g/mol. The van der Waals surface area contributed by atoms with Crippen molar-refractivity contribution in [1.29, 1.82) is 0 Å². The van der Waals surface area contributed by atoms with Gasteiger partial charge in [-0.05, 0) is 30.2 Å². The molecule has 1 heterocycles. The van der Waals surface area contributed by atoms with E-state index in [1.807, 2.05) is 12.1 Å². The molecule has 1 fully saturated rings. The fraction of sp³-hybridized carbons (Fsp3) is 0.562. The van der Waals surface area contributed by atoms with E-state index in [4.69, 9.17) is 0 Å². The highest BCUT2D eigenvalue weighted by Crippen LogP contribution is 2.18. The highest BCUT2D eigenvalue weighted by molar-refractivity contribution is 5.92. The molecule has 4 heteroatoms. The summed E-state index contributed by atoms with van der Waals surface area (Å²) in [5, 5.41) is 6.25. The van der Waals surface area contributed by atoms with Crippen molar-refractivity contribution >= 4 is 11.6 Å². The molecule has 1 saturated heterocycles. The molecule has 0 saturated carbocycles. The molecule has 0 spiro atoms. The van der Waals surface area contributed by atoms with Crippen molar-refractivity contribution in [3.8, 4) is 0 Å². The van der Waals surface area contributed by atoms with Gasteiger partial charge in [-0.2, -0.15) is 0 Å². The second kappa shape index (κ2) is 6.86. The molecule has 2 rings (SSSR count). The fourth-order valence-corrected chi connectivity index (χ4v) is 2.39. The molecule has 1 aliphatic heterocycles. The smallest absolute Gasteiger partial charge is 0.238 e. The maximum atomic E-state index is 12.1. The molecule has 0 unspecified atom stereocenters. The van der Waals surface area contributed by atoms with Crippen molar-refractivity contribution in [2.24, 2.45) is 0 Å². The van der Waals surface area contributed by atoms with Crippen LogP contribution >= 0.6 is 0 Å². The average Bonchev–Trinajstić information content (AvgIpc) is 2.36. The van der Waals surface area contributed by atoms with E-state index in [2.05, 4.69) is 48.4 Å². The molecule has 0 bridgehead atoms. The largest absolute Gasteiger partial charge is 0.325 e. The molecule has 1 amide bonds. The normalized spacial score (nSPS) is 15.4. The minimum atomic E-state index is 0.0691. The Morgan fingerprint density at radius 2 is 2.20 bits per heavy atom. The van der Waals surface area contributed by atoms with Crippen LogP contribution in [0, 0.1) is 0 Å². The molecule has 2 N–H and O–H groups in total. The van der Waals surface area contributed by atoms with Gasteiger partial charge in [0.15, 0.2) is 0 Å². The maximum Gasteiger partial charge on any atom is 0.238 e. The minimum absolute atomic E-state index is 0.0691. The fourth-order valence-electron chi connectivity index (χ4n) is 2.39. The number of nitrogens with zero attached hydrogens (tertiary/aromatic N) is 1. The minimum Gasteiger partial charge on any atom is -0.325 e. The molecular weight excluding hydrogens is 250 g/mol. The standard InChI is InChI=1S/C16H25N3O/c1-4-19(15-9-17-10-15)11-16(20)18-14-7-5-6-13(8-14)12(2)3/h5-8,12,15,17H,4,9-11H2,1-3H3,(H,18,20). The summed E-state index contributed by atoms with van der Waals surface area (Å²) in [5.74, 6) is 0.541. The van der Waals surface area contributed by atoms with E-state index >= 15 is 0 Å². The molecule has 110 valence electrons. The van der Waals surface area contributed by atoms with Crippen LogP contribution in [0.1, 0.15) is 32.3 Å². The van der Waals surface area contributed by atoms with Gasteiger partial charge in [-0.15, -0.1) is 0 Å². The molecule has 0 aromatic heterocycles. The number of carbonyl (C=O) groups is 1. The summed E-state index contributed by atoms with van der Waals surface area (Å²) in [6, 6.07) is 8.61. The molecular formula is C16H25N3O. The number of amides is 1. The van der Waals surface area contributed by atoms with Crippen LogP contribution in [0.25, 0.3) is 0 Å². The number of rotatable bonds is 6. The van der Waals surface area contributed by atoms with Crippen molar-refractivity contribution in [1.82, 2.24) is 10.2 Å². The number of benzene rings is 1. The van der Waals surface area contributed by atoms with Crippen LogP contribution in [0.3, 0.4) is 0 Å². The Hall–Kier alpha value is -1.39. The number of hydrogen-bond donors (Lipinski definition) is 2. The van der Waals surface area contributed by atoms with Gasteiger partial charge in [-0.3, -0.25) is 9.69 Å². The van der Waals surface area contributed by atoms with E-state index < -0.39 is 0 Å². The molecule has 0 radical (unpaired) electrons. The highest BCUT2D eigenvalue weighted by Gasteiger charge is 2.24. The molecule has 0 atom stereocenters. The third-order valence-corrected chi connectivity index (χ3v) is 3.87. The zero-order valence-corrected chi connectivity index (χ0v) is 12.6. The maximum absolute atomic E-state index is 12.1. The van der Waals surface area contributed by atoms with Gasteiger partial charge in [0.1, 0.15) is 0 Å². The predicted molar refractivity (Wildman–Crippen MR) is 83.1 cm³/mol. The van der Waals surface area contributed by atoms with Crippen molar-refractivity contribution in [2.75, 3.05) is 31.5 Å². The van der Waals surface area contributed by atoms with Crippen LogP contribution in [0.2, 0.25) is 0 Å². The number of anilines is 1. The Morgan fingerprint density at radius 3 is 2.75 bits per heavy atom. The van der Waals surface area contributed by atoms with E-state index in [-0.39, 0.29) is 5.91 Å². The lowest BCUT2D eigenvalue weighted by Gasteiger charge is -2.37. The summed E-state index contributed by atoms with van der Waals surface area (Å²) in [4.78, 5) is 14.4. The molecule has 1 aromatic carbocycles. The van der Waals surface area contributed by atoms with E-state index in [0.717, 1.165) is 25.3 Å². The SMILES string of the molecule is CCN(CC(=O)Nc1cccc(C(C)C)c1)C1CNC1. The van der Waals surface area contributed by atoms with Gasteiger partial charge < -0.3 is 10.6 Å². The van der Waals surface area contributed by atoms with Crippen molar-refractivity contribution < 1.29 is 4.79 Å². The average molecular weight is 275 g/mol. The summed E-state index contributed by atoms with van der Waals surface area (Å²) in [7, 11) is 0. The van der Waals surface area contributed by atoms with E-state index in [1.165, 1.54) is 5.56 Å². The van der Waals surface area contributed by atoms with Gasteiger partial charge in [0, 0.05) is 24.8 Å². The first-order chi connectivity index (χ1) is 9.60. The van der Waals surface area contributed by atoms with Crippen LogP contribution in [0.15, 0.2) is 24.3 Å². The second-order valence-corrected chi connectivity index (χ2v) is 5.70. The van der Waals surface area contributed by atoms with Gasteiger partial charge in [0.05, 0.1) is 6.54 Å². The molecule has 1 aromatic rings. The summed E-state index contributed by atoms with van der Waals surface area (Å²) >= 11 is 0.